The van der Waals surface area contributed by atoms with Crippen molar-refractivity contribution in [3.05, 3.63) is 58.6 Å². The summed E-state index contributed by atoms with van der Waals surface area (Å²) in [5.74, 6) is 1.43. The number of nitrogens with two attached hydrogens (primary N) is 1. The molecule has 21 heavy (non-hydrogen) atoms. The van der Waals surface area contributed by atoms with E-state index < -0.39 is 0 Å². The smallest absolute Gasteiger partial charge is 0.162 e. The SMILES string of the molecule is NC(Cc1ccccc1)c1cc2c(cc1Cl)OCCCO2. The lowest BCUT2D eigenvalue weighted by molar-refractivity contribution is 0.297. The summed E-state index contributed by atoms with van der Waals surface area (Å²) in [4.78, 5) is 0. The Hall–Kier alpha value is -1.71. The highest BCUT2D eigenvalue weighted by atomic mass is 35.5. The van der Waals surface area contributed by atoms with E-state index in [4.69, 9.17) is 26.8 Å². The van der Waals surface area contributed by atoms with Gasteiger partial charge in [0, 0.05) is 23.6 Å². The molecule has 1 aliphatic heterocycles. The molecule has 0 amide bonds. The van der Waals surface area contributed by atoms with Crippen LogP contribution in [0.2, 0.25) is 5.02 Å². The lowest BCUT2D eigenvalue weighted by Crippen LogP contribution is -2.14. The average Bonchev–Trinajstić information content (AvgIpc) is 2.72. The van der Waals surface area contributed by atoms with E-state index >= 15 is 0 Å². The minimum absolute atomic E-state index is 0.169. The van der Waals surface area contributed by atoms with E-state index in [1.165, 1.54) is 5.56 Å². The molecule has 2 aromatic rings. The van der Waals surface area contributed by atoms with Gasteiger partial charge in [0.25, 0.3) is 0 Å². The number of benzene rings is 2. The molecule has 1 aliphatic rings. The summed E-state index contributed by atoms with van der Waals surface area (Å²) >= 11 is 6.36. The predicted molar refractivity (Wildman–Crippen MR) is 84.1 cm³/mol. The quantitative estimate of drug-likeness (QED) is 0.939. The molecule has 0 saturated heterocycles. The zero-order valence-electron chi connectivity index (χ0n) is 11.7. The van der Waals surface area contributed by atoms with Crippen LogP contribution >= 0.6 is 11.6 Å². The van der Waals surface area contributed by atoms with E-state index in [1.54, 1.807) is 0 Å². The normalized spacial score (nSPS) is 15.3. The van der Waals surface area contributed by atoms with Gasteiger partial charge >= 0.3 is 0 Å². The van der Waals surface area contributed by atoms with Crippen molar-refractivity contribution >= 4 is 11.6 Å². The van der Waals surface area contributed by atoms with Gasteiger partial charge in [0.2, 0.25) is 0 Å². The van der Waals surface area contributed by atoms with Crippen LogP contribution in [0.25, 0.3) is 0 Å². The number of rotatable bonds is 3. The summed E-state index contributed by atoms with van der Waals surface area (Å²) in [5.41, 5.74) is 8.40. The number of hydrogen-bond donors (Lipinski definition) is 1. The third-order valence-electron chi connectivity index (χ3n) is 3.56. The Kier molecular flexibility index (Phi) is 4.32. The van der Waals surface area contributed by atoms with Gasteiger partial charge in [0.15, 0.2) is 11.5 Å². The third-order valence-corrected chi connectivity index (χ3v) is 3.89. The summed E-state index contributed by atoms with van der Waals surface area (Å²) in [6.45, 7) is 1.31. The van der Waals surface area contributed by atoms with Crippen LogP contribution < -0.4 is 15.2 Å². The molecule has 0 radical (unpaired) electrons. The van der Waals surface area contributed by atoms with Crippen molar-refractivity contribution in [1.29, 1.82) is 0 Å². The lowest BCUT2D eigenvalue weighted by Gasteiger charge is -2.17. The maximum Gasteiger partial charge on any atom is 0.162 e. The number of hydrogen-bond acceptors (Lipinski definition) is 3. The highest BCUT2D eigenvalue weighted by molar-refractivity contribution is 6.31. The lowest BCUT2D eigenvalue weighted by atomic mass is 9.99. The van der Waals surface area contributed by atoms with Gasteiger partial charge in [-0.1, -0.05) is 41.9 Å². The van der Waals surface area contributed by atoms with E-state index in [0.717, 1.165) is 24.2 Å². The van der Waals surface area contributed by atoms with Gasteiger partial charge in [0.1, 0.15) is 0 Å². The summed E-state index contributed by atoms with van der Waals surface area (Å²) in [7, 11) is 0. The Morgan fingerprint density at radius 2 is 1.71 bits per heavy atom. The molecule has 3 nitrogen and oxygen atoms in total. The fourth-order valence-electron chi connectivity index (χ4n) is 2.46. The van der Waals surface area contributed by atoms with Gasteiger partial charge < -0.3 is 15.2 Å². The van der Waals surface area contributed by atoms with Gasteiger partial charge in [-0.05, 0) is 23.6 Å². The van der Waals surface area contributed by atoms with E-state index in [9.17, 15) is 0 Å². The fourth-order valence-corrected chi connectivity index (χ4v) is 2.76. The van der Waals surface area contributed by atoms with Crippen LogP contribution in [0.15, 0.2) is 42.5 Å². The molecule has 1 heterocycles. The predicted octanol–water partition coefficient (Wildman–Crippen LogP) is 3.74. The molecule has 0 bridgehead atoms. The summed E-state index contributed by atoms with van der Waals surface area (Å²) in [6, 6.07) is 13.7. The molecule has 110 valence electrons. The van der Waals surface area contributed by atoms with Crippen LogP contribution in [-0.4, -0.2) is 13.2 Å². The van der Waals surface area contributed by atoms with Crippen LogP contribution in [0, 0.1) is 0 Å². The molecule has 4 heteroatoms. The van der Waals surface area contributed by atoms with E-state index in [-0.39, 0.29) is 6.04 Å². The third kappa shape index (κ3) is 3.31. The summed E-state index contributed by atoms with van der Waals surface area (Å²) < 4.78 is 11.3. The minimum atomic E-state index is -0.169. The first-order valence-electron chi connectivity index (χ1n) is 7.12. The molecule has 3 rings (SSSR count). The highest BCUT2D eigenvalue weighted by Gasteiger charge is 2.18. The van der Waals surface area contributed by atoms with Crippen molar-refractivity contribution in [3.8, 4) is 11.5 Å². The second kappa shape index (κ2) is 6.37. The van der Waals surface area contributed by atoms with Crippen molar-refractivity contribution in [2.45, 2.75) is 18.9 Å². The van der Waals surface area contributed by atoms with Gasteiger partial charge in [0.05, 0.1) is 13.2 Å². The first-order valence-corrected chi connectivity index (χ1v) is 7.50. The fraction of sp³-hybridized carbons (Fsp3) is 0.294. The molecule has 1 atom stereocenters. The van der Waals surface area contributed by atoms with Crippen molar-refractivity contribution in [2.24, 2.45) is 5.73 Å². The van der Waals surface area contributed by atoms with Crippen molar-refractivity contribution < 1.29 is 9.47 Å². The Labute approximate surface area is 129 Å². The van der Waals surface area contributed by atoms with Gasteiger partial charge in [-0.25, -0.2) is 0 Å². The van der Waals surface area contributed by atoms with E-state index in [1.807, 2.05) is 30.3 Å². The van der Waals surface area contributed by atoms with Crippen LogP contribution in [0.3, 0.4) is 0 Å². The maximum atomic E-state index is 6.36. The average molecular weight is 304 g/mol. The maximum absolute atomic E-state index is 6.36. The highest BCUT2D eigenvalue weighted by Crippen LogP contribution is 2.37. The topological polar surface area (TPSA) is 44.5 Å². The molecule has 2 N–H and O–H groups in total. The molecule has 0 spiro atoms. The van der Waals surface area contributed by atoms with Crippen molar-refractivity contribution in [3.63, 3.8) is 0 Å². The zero-order chi connectivity index (χ0) is 14.7. The Balaban J connectivity index is 1.86. The number of ether oxygens (including phenoxy) is 2. The molecule has 0 saturated carbocycles. The second-order valence-corrected chi connectivity index (χ2v) is 5.57. The van der Waals surface area contributed by atoms with Gasteiger partial charge in [-0.15, -0.1) is 0 Å². The van der Waals surface area contributed by atoms with Crippen LogP contribution in [-0.2, 0) is 6.42 Å². The van der Waals surface area contributed by atoms with Gasteiger partial charge in [-0.3, -0.25) is 0 Å². The summed E-state index contributed by atoms with van der Waals surface area (Å²) in [6.07, 6.45) is 1.61. The van der Waals surface area contributed by atoms with Crippen molar-refractivity contribution in [1.82, 2.24) is 0 Å². The molecular weight excluding hydrogens is 286 g/mol. The zero-order valence-corrected chi connectivity index (χ0v) is 12.5. The molecule has 2 aromatic carbocycles. The Morgan fingerprint density at radius 1 is 1.05 bits per heavy atom. The monoisotopic (exact) mass is 303 g/mol. The number of fused-ring (bicyclic) bond motifs is 1. The molecule has 0 aromatic heterocycles. The first kappa shape index (κ1) is 14.2. The first-order chi connectivity index (χ1) is 10.2. The van der Waals surface area contributed by atoms with E-state index in [2.05, 4.69) is 12.1 Å². The Bertz CT molecular complexity index is 616. The molecule has 1 unspecified atom stereocenters. The standard InChI is InChI=1S/C17H18ClNO2/c18-14-11-17-16(20-7-4-8-21-17)10-13(14)15(19)9-12-5-2-1-3-6-12/h1-3,5-6,10-11,15H,4,7-9,19H2. The van der Waals surface area contributed by atoms with Crippen LogP contribution in [0.1, 0.15) is 23.6 Å². The minimum Gasteiger partial charge on any atom is -0.490 e. The van der Waals surface area contributed by atoms with Crippen LogP contribution in [0.5, 0.6) is 11.5 Å². The Morgan fingerprint density at radius 3 is 2.43 bits per heavy atom. The largest absolute Gasteiger partial charge is 0.490 e. The van der Waals surface area contributed by atoms with Crippen molar-refractivity contribution in [2.75, 3.05) is 13.2 Å². The molecule has 0 aliphatic carbocycles. The van der Waals surface area contributed by atoms with Gasteiger partial charge in [-0.2, -0.15) is 0 Å². The summed E-state index contributed by atoms with van der Waals surface area (Å²) in [5, 5.41) is 0.627. The van der Waals surface area contributed by atoms with E-state index in [0.29, 0.717) is 24.0 Å². The number of halogens is 1. The van der Waals surface area contributed by atoms with Crippen LogP contribution in [0.4, 0.5) is 0 Å². The molecular formula is C17H18ClNO2. The second-order valence-electron chi connectivity index (χ2n) is 5.17. The molecule has 0 fully saturated rings.